The average molecular weight is 312 g/mol. The van der Waals surface area contributed by atoms with Gasteiger partial charge in [0.1, 0.15) is 10.8 Å². The molecule has 0 bridgehead atoms. The number of primary amides is 1. The zero-order chi connectivity index (χ0) is 15.4. The smallest absolute Gasteiger partial charge is 0.387 e. The van der Waals surface area contributed by atoms with E-state index < -0.39 is 18.4 Å². The van der Waals surface area contributed by atoms with Gasteiger partial charge in [0.15, 0.2) is 0 Å². The number of amides is 2. The molecular formula is C13H10F2N2O3S. The van der Waals surface area contributed by atoms with E-state index in [0.29, 0.717) is 5.00 Å². The van der Waals surface area contributed by atoms with Gasteiger partial charge in [-0.15, -0.1) is 11.3 Å². The molecule has 0 atom stereocenters. The highest BCUT2D eigenvalue weighted by molar-refractivity contribution is 7.14. The molecule has 3 N–H and O–H groups in total. The van der Waals surface area contributed by atoms with E-state index >= 15 is 0 Å². The van der Waals surface area contributed by atoms with Crippen LogP contribution in [0.25, 0.3) is 0 Å². The summed E-state index contributed by atoms with van der Waals surface area (Å²) in [6.45, 7) is -2.92. The van der Waals surface area contributed by atoms with Crippen molar-refractivity contribution in [3.05, 3.63) is 46.8 Å². The summed E-state index contributed by atoms with van der Waals surface area (Å²) in [5.74, 6) is -1.17. The van der Waals surface area contributed by atoms with Gasteiger partial charge in [0.25, 0.3) is 11.8 Å². The minimum atomic E-state index is -2.92. The molecule has 2 aromatic rings. The number of nitrogens with one attached hydrogen (secondary N) is 1. The van der Waals surface area contributed by atoms with Gasteiger partial charge in [-0.1, -0.05) is 0 Å². The van der Waals surface area contributed by atoms with Crippen molar-refractivity contribution in [2.24, 2.45) is 5.73 Å². The molecular weight excluding hydrogens is 302 g/mol. The van der Waals surface area contributed by atoms with Crippen LogP contribution in [0.3, 0.4) is 0 Å². The van der Waals surface area contributed by atoms with Gasteiger partial charge in [-0.25, -0.2) is 0 Å². The van der Waals surface area contributed by atoms with E-state index in [2.05, 4.69) is 10.1 Å². The fourth-order valence-corrected chi connectivity index (χ4v) is 2.35. The van der Waals surface area contributed by atoms with Crippen molar-refractivity contribution < 1.29 is 23.1 Å². The fourth-order valence-electron chi connectivity index (χ4n) is 1.56. The SMILES string of the molecule is NC(=O)c1ccsc1NC(=O)c1ccc(OC(F)F)cc1. The summed E-state index contributed by atoms with van der Waals surface area (Å²) in [5, 5.41) is 4.49. The van der Waals surface area contributed by atoms with Crippen LogP contribution in [0.15, 0.2) is 35.7 Å². The third kappa shape index (κ3) is 3.76. The lowest BCUT2D eigenvalue weighted by atomic mass is 10.2. The summed E-state index contributed by atoms with van der Waals surface area (Å²) in [4.78, 5) is 23.1. The first-order valence-corrected chi connectivity index (χ1v) is 6.59. The molecule has 0 radical (unpaired) electrons. The van der Waals surface area contributed by atoms with Gasteiger partial charge in [-0.2, -0.15) is 8.78 Å². The van der Waals surface area contributed by atoms with E-state index in [-0.39, 0.29) is 16.9 Å². The number of carbonyl (C=O) groups excluding carboxylic acids is 2. The fraction of sp³-hybridized carbons (Fsp3) is 0.0769. The van der Waals surface area contributed by atoms with E-state index in [1.165, 1.54) is 30.3 Å². The summed E-state index contributed by atoms with van der Waals surface area (Å²) < 4.78 is 28.2. The van der Waals surface area contributed by atoms with Crippen LogP contribution in [0.1, 0.15) is 20.7 Å². The second-order valence-electron chi connectivity index (χ2n) is 3.88. The quantitative estimate of drug-likeness (QED) is 0.890. The monoisotopic (exact) mass is 312 g/mol. The van der Waals surface area contributed by atoms with Gasteiger partial charge in [-0.3, -0.25) is 9.59 Å². The summed E-state index contributed by atoms with van der Waals surface area (Å²) in [5.41, 5.74) is 5.62. The minimum Gasteiger partial charge on any atom is -0.435 e. The predicted molar refractivity (Wildman–Crippen MR) is 73.9 cm³/mol. The Balaban J connectivity index is 2.10. The minimum absolute atomic E-state index is 0.0458. The highest BCUT2D eigenvalue weighted by Crippen LogP contribution is 2.23. The lowest BCUT2D eigenvalue weighted by Crippen LogP contribution is -2.16. The highest BCUT2D eigenvalue weighted by atomic mass is 32.1. The lowest BCUT2D eigenvalue weighted by molar-refractivity contribution is -0.0498. The largest absolute Gasteiger partial charge is 0.435 e. The number of rotatable bonds is 5. The first kappa shape index (κ1) is 14.9. The summed E-state index contributed by atoms with van der Waals surface area (Å²) in [6, 6.07) is 6.69. The summed E-state index contributed by atoms with van der Waals surface area (Å²) >= 11 is 1.16. The van der Waals surface area contributed by atoms with Gasteiger partial charge in [0.2, 0.25) is 0 Å². The predicted octanol–water partition coefficient (Wildman–Crippen LogP) is 2.70. The number of ether oxygens (including phenoxy) is 1. The molecule has 110 valence electrons. The molecule has 0 saturated carbocycles. The Hall–Kier alpha value is -2.48. The number of hydrogen-bond donors (Lipinski definition) is 2. The number of anilines is 1. The van der Waals surface area contributed by atoms with Gasteiger partial charge >= 0.3 is 6.61 Å². The van der Waals surface area contributed by atoms with Crippen molar-refractivity contribution in [1.29, 1.82) is 0 Å². The first-order chi connectivity index (χ1) is 9.97. The third-order valence-electron chi connectivity index (χ3n) is 2.50. The van der Waals surface area contributed by atoms with Crippen LogP contribution in [0, 0.1) is 0 Å². The number of nitrogens with two attached hydrogens (primary N) is 1. The molecule has 0 saturated heterocycles. The summed E-state index contributed by atoms with van der Waals surface area (Å²) in [6.07, 6.45) is 0. The molecule has 5 nitrogen and oxygen atoms in total. The Morgan fingerprint density at radius 1 is 1.19 bits per heavy atom. The van der Waals surface area contributed by atoms with E-state index in [0.717, 1.165) is 11.3 Å². The number of hydrogen-bond acceptors (Lipinski definition) is 4. The lowest BCUT2D eigenvalue weighted by Gasteiger charge is -2.07. The zero-order valence-electron chi connectivity index (χ0n) is 10.5. The number of halogens is 2. The Bertz CT molecular complexity index is 656. The van der Waals surface area contributed by atoms with Crippen LogP contribution in [0.4, 0.5) is 13.8 Å². The average Bonchev–Trinajstić information content (AvgIpc) is 2.87. The van der Waals surface area contributed by atoms with Crippen molar-refractivity contribution in [2.75, 3.05) is 5.32 Å². The second-order valence-corrected chi connectivity index (χ2v) is 4.80. The Morgan fingerprint density at radius 2 is 1.86 bits per heavy atom. The third-order valence-corrected chi connectivity index (χ3v) is 3.33. The number of carbonyl (C=O) groups is 2. The van der Waals surface area contributed by atoms with Crippen molar-refractivity contribution in [3.8, 4) is 5.75 Å². The zero-order valence-corrected chi connectivity index (χ0v) is 11.3. The van der Waals surface area contributed by atoms with Crippen LogP contribution >= 0.6 is 11.3 Å². The molecule has 0 fully saturated rings. The first-order valence-electron chi connectivity index (χ1n) is 5.71. The van der Waals surface area contributed by atoms with E-state index in [1.54, 1.807) is 5.38 Å². The molecule has 2 rings (SSSR count). The van der Waals surface area contributed by atoms with Gasteiger partial charge < -0.3 is 15.8 Å². The molecule has 0 aliphatic carbocycles. The molecule has 0 unspecified atom stereocenters. The molecule has 0 spiro atoms. The van der Waals surface area contributed by atoms with Crippen LogP contribution < -0.4 is 15.8 Å². The van der Waals surface area contributed by atoms with Crippen LogP contribution in [-0.2, 0) is 0 Å². The topological polar surface area (TPSA) is 81.4 Å². The van der Waals surface area contributed by atoms with E-state index in [1.807, 2.05) is 0 Å². The van der Waals surface area contributed by atoms with Crippen molar-refractivity contribution in [2.45, 2.75) is 6.61 Å². The van der Waals surface area contributed by atoms with Crippen LogP contribution in [0.2, 0.25) is 0 Å². The molecule has 1 aromatic heterocycles. The Labute approximate surface area is 122 Å². The van der Waals surface area contributed by atoms with Crippen molar-refractivity contribution in [3.63, 3.8) is 0 Å². The van der Waals surface area contributed by atoms with E-state index in [9.17, 15) is 18.4 Å². The molecule has 8 heteroatoms. The normalized spacial score (nSPS) is 10.4. The molecule has 0 aliphatic heterocycles. The van der Waals surface area contributed by atoms with Crippen LogP contribution in [0.5, 0.6) is 5.75 Å². The molecule has 21 heavy (non-hydrogen) atoms. The maximum Gasteiger partial charge on any atom is 0.387 e. The molecule has 0 aliphatic rings. The standard InChI is InChI=1S/C13H10F2N2O3S/c14-13(15)20-8-3-1-7(2-4-8)11(19)17-12-9(10(16)18)5-6-21-12/h1-6,13H,(H2,16,18)(H,17,19). The maximum atomic E-state index is 12.0. The Kier molecular flexibility index (Phi) is 4.49. The number of thiophene rings is 1. The number of alkyl halides is 2. The molecule has 2 amide bonds. The van der Waals surface area contributed by atoms with Gasteiger partial charge in [-0.05, 0) is 35.7 Å². The highest BCUT2D eigenvalue weighted by Gasteiger charge is 2.14. The van der Waals surface area contributed by atoms with Crippen molar-refractivity contribution >= 4 is 28.2 Å². The number of benzene rings is 1. The van der Waals surface area contributed by atoms with Crippen LogP contribution in [-0.4, -0.2) is 18.4 Å². The maximum absolute atomic E-state index is 12.0. The van der Waals surface area contributed by atoms with Gasteiger partial charge in [0, 0.05) is 5.56 Å². The molecule has 1 heterocycles. The second kappa shape index (κ2) is 6.31. The molecule has 1 aromatic carbocycles. The van der Waals surface area contributed by atoms with Gasteiger partial charge in [0.05, 0.1) is 5.56 Å². The Morgan fingerprint density at radius 3 is 2.43 bits per heavy atom. The van der Waals surface area contributed by atoms with E-state index in [4.69, 9.17) is 5.73 Å². The summed E-state index contributed by atoms with van der Waals surface area (Å²) in [7, 11) is 0. The van der Waals surface area contributed by atoms with Crippen molar-refractivity contribution in [1.82, 2.24) is 0 Å².